The molecule has 2 aromatic carbocycles. The van der Waals surface area contributed by atoms with Gasteiger partial charge in [-0.1, -0.05) is 25.1 Å². The summed E-state index contributed by atoms with van der Waals surface area (Å²) in [6.45, 7) is 8.78. The van der Waals surface area contributed by atoms with Gasteiger partial charge in [0.1, 0.15) is 5.82 Å². The normalized spacial score (nSPS) is 23.8. The highest BCUT2D eigenvalue weighted by Gasteiger charge is 2.41. The van der Waals surface area contributed by atoms with Gasteiger partial charge in [-0.25, -0.2) is 4.39 Å². The predicted octanol–water partition coefficient (Wildman–Crippen LogP) is 8.26. The molecule has 1 fully saturated rings. The summed E-state index contributed by atoms with van der Waals surface area (Å²) < 4.78 is 100. The lowest BCUT2D eigenvalue weighted by Crippen LogP contribution is -2.41. The molecular weight excluding hydrogens is 499 g/mol. The first-order valence-corrected chi connectivity index (χ1v) is 12.2. The number of benzene rings is 2. The predicted molar refractivity (Wildman–Crippen MR) is 128 cm³/mol. The minimum absolute atomic E-state index is 0.0657. The Kier molecular flexibility index (Phi) is 9.11. The van der Waals surface area contributed by atoms with Gasteiger partial charge in [0.05, 0.1) is 23.3 Å². The molecule has 1 saturated carbocycles. The van der Waals surface area contributed by atoms with Crippen LogP contribution in [0, 0.1) is 17.7 Å². The molecule has 0 amide bonds. The summed E-state index contributed by atoms with van der Waals surface area (Å²) in [6, 6.07) is 7.57. The highest BCUT2D eigenvalue weighted by atomic mass is 19.4. The second-order valence-corrected chi connectivity index (χ2v) is 9.94. The van der Waals surface area contributed by atoms with Crippen LogP contribution in [0.3, 0.4) is 0 Å². The molecule has 1 aliphatic rings. The van der Waals surface area contributed by atoms with E-state index in [0.717, 1.165) is 18.5 Å². The van der Waals surface area contributed by atoms with E-state index in [-0.39, 0.29) is 29.4 Å². The van der Waals surface area contributed by atoms with Crippen LogP contribution in [0.5, 0.6) is 0 Å². The number of hydrogen-bond donors (Lipinski definition) is 0. The molecule has 2 aromatic rings. The highest BCUT2D eigenvalue weighted by Crippen LogP contribution is 2.45. The van der Waals surface area contributed by atoms with Crippen molar-refractivity contribution in [3.8, 4) is 0 Å². The molecule has 0 radical (unpaired) electrons. The number of hydrogen-bond acceptors (Lipinski definition) is 2. The third kappa shape index (κ3) is 7.35. The van der Waals surface area contributed by atoms with Crippen LogP contribution in [0.25, 0.3) is 0 Å². The van der Waals surface area contributed by atoms with Crippen molar-refractivity contribution in [2.45, 2.75) is 57.2 Å². The lowest BCUT2D eigenvalue weighted by Gasteiger charge is -2.44. The molecular formula is C28H32F7NO. The number of nitrogens with zero attached hydrogens (tertiary/aromatic N) is 1. The summed E-state index contributed by atoms with van der Waals surface area (Å²) in [5.41, 5.74) is -2.11. The zero-order chi connectivity index (χ0) is 27.5. The van der Waals surface area contributed by atoms with Crippen LogP contribution < -0.4 is 0 Å². The number of rotatable bonds is 8. The molecule has 0 saturated heterocycles. The van der Waals surface area contributed by atoms with E-state index < -0.39 is 41.5 Å². The smallest absolute Gasteiger partial charge is 0.370 e. The zero-order valence-corrected chi connectivity index (χ0v) is 21.0. The van der Waals surface area contributed by atoms with Gasteiger partial charge in [0.2, 0.25) is 0 Å². The Morgan fingerprint density at radius 1 is 1.00 bits per heavy atom. The first-order chi connectivity index (χ1) is 17.2. The van der Waals surface area contributed by atoms with Crippen LogP contribution >= 0.6 is 0 Å². The Labute approximate surface area is 213 Å². The van der Waals surface area contributed by atoms with Crippen molar-refractivity contribution in [3.05, 3.63) is 83.2 Å². The maximum absolute atomic E-state index is 13.7. The fraction of sp³-hybridized carbons (Fsp3) is 0.500. The summed E-state index contributed by atoms with van der Waals surface area (Å²) in [4.78, 5) is 2.14. The fourth-order valence-electron chi connectivity index (χ4n) is 5.32. The second kappa shape index (κ2) is 11.6. The summed E-state index contributed by atoms with van der Waals surface area (Å²) >= 11 is 0. The highest BCUT2D eigenvalue weighted by molar-refractivity contribution is 5.35. The SMILES string of the molecule is C=CCN(C)C[C@H]1CC[C@H](O[C@H](C)c2cc(C(F)(F)F)cc(C(F)(F)F)c2)[C@@H](c2ccc(F)cc2)[C@@H]1C. The maximum atomic E-state index is 13.7. The molecule has 1 aliphatic carbocycles. The number of alkyl halides is 6. The quantitative estimate of drug-likeness (QED) is 0.251. The van der Waals surface area contributed by atoms with Crippen molar-refractivity contribution in [2.75, 3.05) is 20.1 Å². The molecule has 9 heteroatoms. The monoisotopic (exact) mass is 531 g/mol. The topological polar surface area (TPSA) is 12.5 Å². The molecule has 0 unspecified atom stereocenters. The molecule has 0 heterocycles. The van der Waals surface area contributed by atoms with Gasteiger partial charge in [-0.2, -0.15) is 26.3 Å². The third-order valence-electron chi connectivity index (χ3n) is 7.23. The minimum atomic E-state index is -4.93. The van der Waals surface area contributed by atoms with Crippen LogP contribution in [0.4, 0.5) is 30.7 Å². The van der Waals surface area contributed by atoms with Gasteiger partial charge in [-0.05, 0) is 80.1 Å². The molecule has 0 aliphatic heterocycles. The average molecular weight is 532 g/mol. The summed E-state index contributed by atoms with van der Waals surface area (Å²) in [6.07, 6.45) is -8.22. The molecule has 0 N–H and O–H groups in total. The Bertz CT molecular complexity index is 1020. The lowest BCUT2D eigenvalue weighted by atomic mass is 9.68. The molecule has 0 spiro atoms. The lowest BCUT2D eigenvalue weighted by molar-refractivity contribution is -0.143. The van der Waals surface area contributed by atoms with E-state index in [1.54, 1.807) is 12.1 Å². The van der Waals surface area contributed by atoms with E-state index >= 15 is 0 Å². The standard InChI is InChI=1S/C28H32F7NO/c1-5-12-36(4)16-20-8-11-25(26(17(20)2)19-6-9-24(29)10-7-19)37-18(3)21-13-22(27(30,31)32)15-23(14-21)28(33,34)35/h5-7,9-10,13-15,17-18,20,25-26H,1,8,11-12,16H2,2-4H3/t17-,18-,20-,25+,26-/m1/s1. The van der Waals surface area contributed by atoms with Crippen molar-refractivity contribution in [1.82, 2.24) is 4.90 Å². The Morgan fingerprint density at radius 3 is 2.08 bits per heavy atom. The van der Waals surface area contributed by atoms with Gasteiger partial charge < -0.3 is 9.64 Å². The van der Waals surface area contributed by atoms with Crippen LogP contribution in [-0.2, 0) is 17.1 Å². The van der Waals surface area contributed by atoms with Crippen LogP contribution in [0.1, 0.15) is 61.0 Å². The van der Waals surface area contributed by atoms with Gasteiger partial charge in [-0.15, -0.1) is 6.58 Å². The molecule has 0 aromatic heterocycles. The van der Waals surface area contributed by atoms with Crippen molar-refractivity contribution in [2.24, 2.45) is 11.8 Å². The molecule has 204 valence electrons. The van der Waals surface area contributed by atoms with E-state index in [1.807, 2.05) is 13.1 Å². The van der Waals surface area contributed by atoms with Gasteiger partial charge in [0.15, 0.2) is 0 Å². The average Bonchev–Trinajstić information content (AvgIpc) is 2.80. The first kappa shape index (κ1) is 29.2. The number of likely N-dealkylation sites (N-methyl/N-ethyl adjacent to an activating group) is 1. The van der Waals surface area contributed by atoms with Crippen molar-refractivity contribution < 1.29 is 35.5 Å². The summed E-state index contributed by atoms with van der Waals surface area (Å²) in [5.74, 6) is -0.285. The Morgan fingerprint density at radius 2 is 1.57 bits per heavy atom. The molecule has 0 bridgehead atoms. The molecule has 2 nitrogen and oxygen atoms in total. The van der Waals surface area contributed by atoms with E-state index in [0.29, 0.717) is 25.1 Å². The Balaban J connectivity index is 1.92. The number of ether oxygens (including phenoxy) is 1. The van der Waals surface area contributed by atoms with Crippen LogP contribution in [0.2, 0.25) is 0 Å². The van der Waals surface area contributed by atoms with Crippen molar-refractivity contribution in [1.29, 1.82) is 0 Å². The number of halogens is 7. The van der Waals surface area contributed by atoms with Crippen molar-refractivity contribution >= 4 is 0 Å². The van der Waals surface area contributed by atoms with Gasteiger partial charge >= 0.3 is 12.4 Å². The second-order valence-electron chi connectivity index (χ2n) is 9.94. The van der Waals surface area contributed by atoms with E-state index in [9.17, 15) is 30.7 Å². The van der Waals surface area contributed by atoms with Gasteiger partial charge in [0, 0.05) is 19.0 Å². The largest absolute Gasteiger partial charge is 0.416 e. The maximum Gasteiger partial charge on any atom is 0.416 e. The van der Waals surface area contributed by atoms with E-state index in [1.165, 1.54) is 19.1 Å². The van der Waals surface area contributed by atoms with E-state index in [4.69, 9.17) is 4.74 Å². The Hall–Kier alpha value is -2.39. The minimum Gasteiger partial charge on any atom is -0.370 e. The van der Waals surface area contributed by atoms with Crippen molar-refractivity contribution in [3.63, 3.8) is 0 Å². The first-order valence-electron chi connectivity index (χ1n) is 12.2. The third-order valence-corrected chi connectivity index (χ3v) is 7.23. The van der Waals surface area contributed by atoms with Crippen LogP contribution in [0.15, 0.2) is 55.1 Å². The molecule has 5 atom stereocenters. The van der Waals surface area contributed by atoms with Gasteiger partial charge in [0.25, 0.3) is 0 Å². The van der Waals surface area contributed by atoms with E-state index in [2.05, 4.69) is 18.4 Å². The summed E-state index contributed by atoms with van der Waals surface area (Å²) in [7, 11) is 1.98. The summed E-state index contributed by atoms with van der Waals surface area (Å²) in [5, 5.41) is 0. The molecule has 37 heavy (non-hydrogen) atoms. The van der Waals surface area contributed by atoms with Crippen LogP contribution in [-0.4, -0.2) is 31.1 Å². The molecule has 3 rings (SSSR count). The fourth-order valence-corrected chi connectivity index (χ4v) is 5.32. The van der Waals surface area contributed by atoms with Gasteiger partial charge in [-0.3, -0.25) is 0 Å². The zero-order valence-electron chi connectivity index (χ0n) is 21.0.